The van der Waals surface area contributed by atoms with Crippen molar-refractivity contribution < 1.29 is 4.79 Å². The number of amides is 1. The van der Waals surface area contributed by atoms with Gasteiger partial charge in [0, 0.05) is 6.04 Å². The molecule has 0 unspecified atom stereocenters. The van der Waals surface area contributed by atoms with E-state index < -0.39 is 0 Å². The summed E-state index contributed by atoms with van der Waals surface area (Å²) in [5, 5.41) is 3.32. The Morgan fingerprint density at radius 2 is 1.94 bits per heavy atom. The van der Waals surface area contributed by atoms with E-state index in [9.17, 15) is 4.79 Å². The molecule has 98 valence electrons. The van der Waals surface area contributed by atoms with Crippen LogP contribution in [-0.4, -0.2) is 18.5 Å². The van der Waals surface area contributed by atoms with E-state index in [4.69, 9.17) is 5.73 Å². The first-order valence-corrected chi connectivity index (χ1v) is 6.81. The standard InChI is InChI=1S/C15H22N2O/c16-15(18)11-17-14-9-5-4-8-13(14)10-12-6-2-1-3-7-12/h1-3,6-7,13-14,17H,4-5,8-11H2,(H2,16,18)/t13-,14+/m1/s1. The van der Waals surface area contributed by atoms with Gasteiger partial charge in [-0.25, -0.2) is 0 Å². The van der Waals surface area contributed by atoms with Gasteiger partial charge in [0.1, 0.15) is 0 Å². The number of primary amides is 1. The molecule has 1 amide bonds. The second kappa shape index (κ2) is 6.55. The molecule has 3 N–H and O–H groups in total. The zero-order chi connectivity index (χ0) is 12.8. The van der Waals surface area contributed by atoms with Gasteiger partial charge in [-0.3, -0.25) is 4.79 Å². The first-order chi connectivity index (χ1) is 8.75. The normalized spacial score (nSPS) is 23.8. The number of nitrogens with two attached hydrogens (primary N) is 1. The summed E-state index contributed by atoms with van der Waals surface area (Å²) >= 11 is 0. The molecule has 1 saturated carbocycles. The number of hydrogen-bond donors (Lipinski definition) is 2. The smallest absolute Gasteiger partial charge is 0.231 e. The molecule has 0 heterocycles. The molecule has 0 spiro atoms. The monoisotopic (exact) mass is 246 g/mol. The molecule has 0 saturated heterocycles. The van der Waals surface area contributed by atoms with Crippen molar-refractivity contribution in [2.75, 3.05) is 6.54 Å². The summed E-state index contributed by atoms with van der Waals surface area (Å²) in [7, 11) is 0. The van der Waals surface area contributed by atoms with Crippen LogP contribution in [0.5, 0.6) is 0 Å². The summed E-state index contributed by atoms with van der Waals surface area (Å²) in [6.45, 7) is 0.302. The van der Waals surface area contributed by atoms with E-state index in [1.165, 1.54) is 24.8 Å². The maximum absolute atomic E-state index is 10.9. The Morgan fingerprint density at radius 3 is 2.67 bits per heavy atom. The highest BCUT2D eigenvalue weighted by atomic mass is 16.1. The van der Waals surface area contributed by atoms with Gasteiger partial charge in [0.15, 0.2) is 0 Å². The lowest BCUT2D eigenvalue weighted by molar-refractivity contribution is -0.117. The van der Waals surface area contributed by atoms with Crippen molar-refractivity contribution in [3.63, 3.8) is 0 Å². The average molecular weight is 246 g/mol. The molecule has 0 bridgehead atoms. The Balaban J connectivity index is 1.93. The van der Waals surface area contributed by atoms with Crippen molar-refractivity contribution in [3.05, 3.63) is 35.9 Å². The number of hydrogen-bond acceptors (Lipinski definition) is 2. The van der Waals surface area contributed by atoms with Crippen molar-refractivity contribution in [2.24, 2.45) is 11.7 Å². The molecule has 3 heteroatoms. The lowest BCUT2D eigenvalue weighted by Crippen LogP contribution is -2.43. The van der Waals surface area contributed by atoms with E-state index in [-0.39, 0.29) is 5.91 Å². The molecule has 0 radical (unpaired) electrons. The topological polar surface area (TPSA) is 55.1 Å². The molecule has 18 heavy (non-hydrogen) atoms. The van der Waals surface area contributed by atoms with E-state index in [1.807, 2.05) is 6.07 Å². The van der Waals surface area contributed by atoms with Crippen LogP contribution in [0.25, 0.3) is 0 Å². The third-order valence-electron chi connectivity index (χ3n) is 3.79. The van der Waals surface area contributed by atoms with Crippen molar-refractivity contribution in [2.45, 2.75) is 38.1 Å². The fourth-order valence-corrected chi connectivity index (χ4v) is 2.87. The van der Waals surface area contributed by atoms with E-state index in [0.29, 0.717) is 18.5 Å². The molecule has 2 rings (SSSR count). The highest BCUT2D eigenvalue weighted by molar-refractivity contribution is 5.75. The largest absolute Gasteiger partial charge is 0.369 e. The van der Waals surface area contributed by atoms with Crippen molar-refractivity contribution in [1.29, 1.82) is 0 Å². The Morgan fingerprint density at radius 1 is 1.22 bits per heavy atom. The SMILES string of the molecule is NC(=O)CN[C@H]1CCCC[C@@H]1Cc1ccccc1. The highest BCUT2D eigenvalue weighted by Gasteiger charge is 2.24. The summed E-state index contributed by atoms with van der Waals surface area (Å²) < 4.78 is 0. The minimum atomic E-state index is -0.265. The molecular weight excluding hydrogens is 224 g/mol. The zero-order valence-corrected chi connectivity index (χ0v) is 10.8. The van der Waals surface area contributed by atoms with Crippen LogP contribution in [0.3, 0.4) is 0 Å². The van der Waals surface area contributed by atoms with Crippen LogP contribution in [0.1, 0.15) is 31.2 Å². The van der Waals surface area contributed by atoms with Crippen LogP contribution in [0.4, 0.5) is 0 Å². The van der Waals surface area contributed by atoms with Gasteiger partial charge >= 0.3 is 0 Å². The summed E-state index contributed by atoms with van der Waals surface area (Å²) in [6, 6.07) is 11.0. The summed E-state index contributed by atoms with van der Waals surface area (Å²) in [5.74, 6) is 0.361. The molecule has 0 aromatic heterocycles. The third kappa shape index (κ3) is 3.84. The van der Waals surface area contributed by atoms with E-state index in [1.54, 1.807) is 0 Å². The average Bonchev–Trinajstić information content (AvgIpc) is 2.39. The number of nitrogens with one attached hydrogen (secondary N) is 1. The number of carbonyl (C=O) groups excluding carboxylic acids is 1. The first-order valence-electron chi connectivity index (χ1n) is 6.81. The predicted octanol–water partition coefficient (Wildman–Crippen LogP) is 1.86. The van der Waals surface area contributed by atoms with Gasteiger partial charge in [0.2, 0.25) is 5.91 Å². The highest BCUT2D eigenvalue weighted by Crippen LogP contribution is 2.27. The van der Waals surface area contributed by atoms with Gasteiger partial charge < -0.3 is 11.1 Å². The number of carbonyl (C=O) groups is 1. The maximum atomic E-state index is 10.9. The maximum Gasteiger partial charge on any atom is 0.231 e. The molecule has 0 aliphatic heterocycles. The van der Waals surface area contributed by atoms with Gasteiger partial charge in [0.25, 0.3) is 0 Å². The van der Waals surface area contributed by atoms with Crippen LogP contribution in [-0.2, 0) is 11.2 Å². The summed E-state index contributed by atoms with van der Waals surface area (Å²) in [6.07, 6.45) is 6.04. The molecule has 1 aromatic rings. The lowest BCUT2D eigenvalue weighted by Gasteiger charge is -2.32. The van der Waals surface area contributed by atoms with Gasteiger partial charge in [-0.1, -0.05) is 43.2 Å². The van der Waals surface area contributed by atoms with E-state index in [0.717, 1.165) is 12.8 Å². The lowest BCUT2D eigenvalue weighted by atomic mass is 9.80. The van der Waals surface area contributed by atoms with Crippen LogP contribution in [0.2, 0.25) is 0 Å². The fourth-order valence-electron chi connectivity index (χ4n) is 2.87. The van der Waals surface area contributed by atoms with Gasteiger partial charge in [-0.2, -0.15) is 0 Å². The molecule has 1 aromatic carbocycles. The second-order valence-corrected chi connectivity index (χ2v) is 5.19. The molecule has 1 aliphatic carbocycles. The van der Waals surface area contributed by atoms with Crippen LogP contribution in [0, 0.1) is 5.92 Å². The minimum absolute atomic E-state index is 0.265. The van der Waals surface area contributed by atoms with Crippen molar-refractivity contribution in [1.82, 2.24) is 5.32 Å². The van der Waals surface area contributed by atoms with Crippen molar-refractivity contribution >= 4 is 5.91 Å². The molecule has 1 fully saturated rings. The van der Waals surface area contributed by atoms with E-state index in [2.05, 4.69) is 29.6 Å². The Hall–Kier alpha value is -1.35. The Labute approximate surface area is 109 Å². The number of benzene rings is 1. The van der Waals surface area contributed by atoms with Gasteiger partial charge in [-0.15, -0.1) is 0 Å². The second-order valence-electron chi connectivity index (χ2n) is 5.19. The van der Waals surface area contributed by atoms with Crippen LogP contribution < -0.4 is 11.1 Å². The van der Waals surface area contributed by atoms with E-state index >= 15 is 0 Å². The van der Waals surface area contributed by atoms with Gasteiger partial charge in [-0.05, 0) is 30.7 Å². The number of rotatable bonds is 5. The third-order valence-corrected chi connectivity index (χ3v) is 3.79. The Kier molecular flexibility index (Phi) is 4.76. The molecule has 3 nitrogen and oxygen atoms in total. The van der Waals surface area contributed by atoms with Gasteiger partial charge in [0.05, 0.1) is 6.54 Å². The fraction of sp³-hybridized carbons (Fsp3) is 0.533. The Bertz CT molecular complexity index is 377. The van der Waals surface area contributed by atoms with Crippen LogP contribution >= 0.6 is 0 Å². The quantitative estimate of drug-likeness (QED) is 0.833. The summed E-state index contributed by atoms with van der Waals surface area (Å²) in [5.41, 5.74) is 6.59. The summed E-state index contributed by atoms with van der Waals surface area (Å²) in [4.78, 5) is 10.9. The van der Waals surface area contributed by atoms with Crippen molar-refractivity contribution in [3.8, 4) is 0 Å². The predicted molar refractivity (Wildman–Crippen MR) is 73.1 cm³/mol. The minimum Gasteiger partial charge on any atom is -0.369 e. The molecule has 2 atom stereocenters. The molecular formula is C15H22N2O. The molecule has 1 aliphatic rings. The van der Waals surface area contributed by atoms with Crippen LogP contribution in [0.15, 0.2) is 30.3 Å². The first kappa shape index (κ1) is 13.1. The zero-order valence-electron chi connectivity index (χ0n) is 10.8.